The quantitative estimate of drug-likeness (QED) is 0.829. The molecule has 0 saturated heterocycles. The highest BCUT2D eigenvalue weighted by atomic mass is 32.2. The van der Waals surface area contributed by atoms with E-state index < -0.39 is 10.0 Å². The van der Waals surface area contributed by atoms with Gasteiger partial charge in [0.1, 0.15) is 0 Å². The number of nitrogens with zero attached hydrogens (tertiary/aromatic N) is 2. The number of carbonyl (C=O) groups excluding carboxylic acids is 1. The van der Waals surface area contributed by atoms with E-state index in [0.717, 1.165) is 12.8 Å². The summed E-state index contributed by atoms with van der Waals surface area (Å²) in [5.74, 6) is 0.0543. The van der Waals surface area contributed by atoms with E-state index in [1.165, 1.54) is 30.6 Å². The van der Waals surface area contributed by atoms with E-state index in [2.05, 4.69) is 0 Å². The average molecular weight is 338 g/mol. The molecule has 23 heavy (non-hydrogen) atoms. The van der Waals surface area contributed by atoms with Gasteiger partial charge in [-0.05, 0) is 44.0 Å². The van der Waals surface area contributed by atoms with Gasteiger partial charge in [0.15, 0.2) is 0 Å². The van der Waals surface area contributed by atoms with Gasteiger partial charge in [0.2, 0.25) is 10.0 Å². The van der Waals surface area contributed by atoms with Gasteiger partial charge in [0.25, 0.3) is 5.91 Å². The first-order valence-electron chi connectivity index (χ1n) is 8.20. The van der Waals surface area contributed by atoms with Crippen molar-refractivity contribution in [2.45, 2.75) is 45.1 Å². The van der Waals surface area contributed by atoms with E-state index in [1.807, 2.05) is 11.9 Å². The van der Waals surface area contributed by atoms with Gasteiger partial charge in [-0.15, -0.1) is 0 Å². The summed E-state index contributed by atoms with van der Waals surface area (Å²) in [7, 11) is 0.113. The zero-order valence-electron chi connectivity index (χ0n) is 14.2. The Labute approximate surface area is 139 Å². The molecule has 6 heteroatoms. The molecule has 1 saturated carbocycles. The third-order valence-electron chi connectivity index (χ3n) is 4.70. The molecule has 0 aromatic heterocycles. The molecule has 1 aliphatic rings. The van der Waals surface area contributed by atoms with Crippen LogP contribution >= 0.6 is 0 Å². The first kappa shape index (κ1) is 17.8. The number of benzene rings is 1. The van der Waals surface area contributed by atoms with Crippen molar-refractivity contribution in [2.24, 2.45) is 0 Å². The average Bonchev–Trinajstić information content (AvgIpc) is 2.60. The molecule has 128 valence electrons. The van der Waals surface area contributed by atoms with Crippen LogP contribution in [0.1, 0.15) is 49.4 Å². The summed E-state index contributed by atoms with van der Waals surface area (Å²) in [5, 5.41) is 0. The Bertz CT molecular complexity index is 634. The van der Waals surface area contributed by atoms with Crippen LogP contribution < -0.4 is 4.31 Å². The van der Waals surface area contributed by atoms with Crippen LogP contribution in [0.4, 0.5) is 5.69 Å². The fraction of sp³-hybridized carbons (Fsp3) is 0.588. The second kappa shape index (κ2) is 7.34. The lowest BCUT2D eigenvalue weighted by Crippen LogP contribution is -2.38. The Morgan fingerprint density at radius 3 is 2.17 bits per heavy atom. The summed E-state index contributed by atoms with van der Waals surface area (Å²) in [4.78, 5) is 14.4. The molecule has 0 atom stereocenters. The Morgan fingerprint density at radius 2 is 1.65 bits per heavy atom. The molecule has 0 aliphatic heterocycles. The third kappa shape index (κ3) is 4.05. The van der Waals surface area contributed by atoms with Gasteiger partial charge in [-0.3, -0.25) is 9.10 Å². The molecule has 1 amide bonds. The standard InChI is InChI=1S/C17H26N2O3S/c1-4-23(21,22)19(3)16-12-10-14(11-13-16)17(20)18(2)15-8-6-5-7-9-15/h10-13,15H,4-9H2,1-3H3. The summed E-state index contributed by atoms with van der Waals surface area (Å²) in [5.41, 5.74) is 1.17. The lowest BCUT2D eigenvalue weighted by Gasteiger charge is -2.31. The number of sulfonamides is 1. The van der Waals surface area contributed by atoms with E-state index in [0.29, 0.717) is 17.3 Å². The minimum Gasteiger partial charge on any atom is -0.339 e. The number of anilines is 1. The molecule has 0 radical (unpaired) electrons. The lowest BCUT2D eigenvalue weighted by molar-refractivity contribution is 0.0696. The van der Waals surface area contributed by atoms with Gasteiger partial charge in [0.05, 0.1) is 11.4 Å². The Morgan fingerprint density at radius 1 is 1.09 bits per heavy atom. The molecule has 0 unspecified atom stereocenters. The van der Waals surface area contributed by atoms with Crippen LogP contribution in [-0.4, -0.2) is 45.1 Å². The lowest BCUT2D eigenvalue weighted by atomic mass is 9.94. The van der Waals surface area contributed by atoms with Gasteiger partial charge >= 0.3 is 0 Å². The van der Waals surface area contributed by atoms with Gasteiger partial charge in [-0.25, -0.2) is 8.42 Å². The maximum atomic E-state index is 12.6. The highest BCUT2D eigenvalue weighted by Gasteiger charge is 2.23. The molecule has 0 N–H and O–H groups in total. The second-order valence-electron chi connectivity index (χ2n) is 6.12. The highest BCUT2D eigenvalue weighted by molar-refractivity contribution is 7.92. The van der Waals surface area contributed by atoms with Crippen molar-refractivity contribution in [1.29, 1.82) is 0 Å². The SMILES string of the molecule is CCS(=O)(=O)N(C)c1ccc(C(=O)N(C)C2CCCCC2)cc1. The van der Waals surface area contributed by atoms with Crippen molar-refractivity contribution in [3.05, 3.63) is 29.8 Å². The van der Waals surface area contributed by atoms with E-state index >= 15 is 0 Å². The fourth-order valence-corrected chi connectivity index (χ4v) is 3.84. The summed E-state index contributed by atoms with van der Waals surface area (Å²) >= 11 is 0. The first-order valence-corrected chi connectivity index (χ1v) is 9.81. The fourth-order valence-electron chi connectivity index (χ4n) is 3.01. The second-order valence-corrected chi connectivity index (χ2v) is 8.41. The maximum Gasteiger partial charge on any atom is 0.253 e. The number of rotatable bonds is 5. The Hall–Kier alpha value is -1.56. The van der Waals surface area contributed by atoms with Crippen LogP contribution in [0.25, 0.3) is 0 Å². The normalized spacial score (nSPS) is 16.1. The highest BCUT2D eigenvalue weighted by Crippen LogP contribution is 2.24. The summed E-state index contributed by atoms with van der Waals surface area (Å²) < 4.78 is 25.0. The Balaban J connectivity index is 2.11. The van der Waals surface area contributed by atoms with E-state index in [-0.39, 0.29) is 11.7 Å². The smallest absolute Gasteiger partial charge is 0.253 e. The molecule has 0 heterocycles. The number of hydrogen-bond acceptors (Lipinski definition) is 3. The summed E-state index contributed by atoms with van der Waals surface area (Å²) in [6.45, 7) is 1.61. The van der Waals surface area contributed by atoms with Crippen LogP contribution in [0.5, 0.6) is 0 Å². The topological polar surface area (TPSA) is 57.7 Å². The van der Waals surface area contributed by atoms with Gasteiger partial charge < -0.3 is 4.90 Å². The molecular formula is C17H26N2O3S. The summed E-state index contributed by atoms with van der Waals surface area (Å²) in [6, 6.07) is 7.11. The van der Waals surface area contributed by atoms with Crippen LogP contribution in [0.3, 0.4) is 0 Å². The zero-order chi connectivity index (χ0) is 17.0. The first-order chi connectivity index (χ1) is 10.9. The molecule has 1 aliphatic carbocycles. The van der Waals surface area contributed by atoms with E-state index in [1.54, 1.807) is 31.2 Å². The molecule has 0 spiro atoms. The van der Waals surface area contributed by atoms with Crippen molar-refractivity contribution in [3.63, 3.8) is 0 Å². The van der Waals surface area contributed by atoms with Gasteiger partial charge in [-0.1, -0.05) is 19.3 Å². The minimum atomic E-state index is -3.28. The minimum absolute atomic E-state index is 0.00412. The van der Waals surface area contributed by atoms with E-state index in [9.17, 15) is 13.2 Å². The van der Waals surface area contributed by atoms with Crippen molar-refractivity contribution >= 4 is 21.6 Å². The number of hydrogen-bond donors (Lipinski definition) is 0. The molecule has 1 aromatic carbocycles. The Kier molecular flexibility index (Phi) is 5.68. The number of carbonyl (C=O) groups is 1. The van der Waals surface area contributed by atoms with Crippen molar-refractivity contribution in [2.75, 3.05) is 24.2 Å². The predicted molar refractivity (Wildman–Crippen MR) is 93.3 cm³/mol. The largest absolute Gasteiger partial charge is 0.339 e. The number of amides is 1. The predicted octanol–water partition coefficient (Wildman–Crippen LogP) is 2.88. The van der Waals surface area contributed by atoms with Crippen molar-refractivity contribution < 1.29 is 13.2 Å². The zero-order valence-corrected chi connectivity index (χ0v) is 15.0. The molecular weight excluding hydrogens is 312 g/mol. The van der Waals surface area contributed by atoms with Crippen LogP contribution in [-0.2, 0) is 10.0 Å². The maximum absolute atomic E-state index is 12.6. The molecule has 2 rings (SSSR count). The van der Waals surface area contributed by atoms with Crippen molar-refractivity contribution in [3.8, 4) is 0 Å². The van der Waals surface area contributed by atoms with Crippen LogP contribution in [0.2, 0.25) is 0 Å². The molecule has 1 fully saturated rings. The molecule has 0 bridgehead atoms. The third-order valence-corrected chi connectivity index (χ3v) is 6.48. The van der Waals surface area contributed by atoms with Gasteiger partial charge in [0, 0.05) is 25.7 Å². The molecule has 1 aromatic rings. The summed E-state index contributed by atoms with van der Waals surface area (Å²) in [6.07, 6.45) is 5.75. The van der Waals surface area contributed by atoms with Crippen molar-refractivity contribution in [1.82, 2.24) is 4.90 Å². The van der Waals surface area contributed by atoms with Gasteiger partial charge in [-0.2, -0.15) is 0 Å². The van der Waals surface area contributed by atoms with Crippen LogP contribution in [0, 0.1) is 0 Å². The van der Waals surface area contributed by atoms with E-state index in [4.69, 9.17) is 0 Å². The van der Waals surface area contributed by atoms with Crippen LogP contribution in [0.15, 0.2) is 24.3 Å². The monoisotopic (exact) mass is 338 g/mol. The molecule has 5 nitrogen and oxygen atoms in total.